The molecule has 0 unspecified atom stereocenters. The van der Waals surface area contributed by atoms with Crippen LogP contribution in [0.3, 0.4) is 0 Å². The summed E-state index contributed by atoms with van der Waals surface area (Å²) < 4.78 is 5.00. The fraction of sp³-hybridized carbons (Fsp3) is 0.778. The van der Waals surface area contributed by atoms with Gasteiger partial charge in [0.05, 0.1) is 0 Å². The van der Waals surface area contributed by atoms with E-state index in [2.05, 4.69) is 29.3 Å². The minimum absolute atomic E-state index is 0.326. The maximum atomic E-state index is 5.00. The molecular formula is C9H17N3O. The quantitative estimate of drug-likeness (QED) is 0.776. The molecule has 0 radical (unpaired) electrons. The second-order valence-corrected chi connectivity index (χ2v) is 3.91. The first-order valence-corrected chi connectivity index (χ1v) is 4.67. The van der Waals surface area contributed by atoms with Gasteiger partial charge < -0.3 is 9.84 Å². The second-order valence-electron chi connectivity index (χ2n) is 3.91. The van der Waals surface area contributed by atoms with Crippen molar-refractivity contribution in [3.05, 3.63) is 5.82 Å². The van der Waals surface area contributed by atoms with Crippen molar-refractivity contribution in [1.29, 1.82) is 0 Å². The van der Waals surface area contributed by atoms with Gasteiger partial charge in [-0.15, -0.1) is 0 Å². The van der Waals surface area contributed by atoms with Crippen LogP contribution in [0.1, 0.15) is 33.5 Å². The van der Waals surface area contributed by atoms with E-state index < -0.39 is 0 Å². The van der Waals surface area contributed by atoms with Crippen molar-refractivity contribution in [1.82, 2.24) is 10.1 Å². The molecule has 0 aromatic carbocycles. The number of hydrogen-bond acceptors (Lipinski definition) is 4. The van der Waals surface area contributed by atoms with Gasteiger partial charge in [0, 0.05) is 12.5 Å². The van der Waals surface area contributed by atoms with E-state index in [-0.39, 0.29) is 0 Å². The predicted molar refractivity (Wildman–Crippen MR) is 51.6 cm³/mol. The van der Waals surface area contributed by atoms with Gasteiger partial charge in [-0.2, -0.15) is 4.98 Å². The molecule has 0 amide bonds. The van der Waals surface area contributed by atoms with Gasteiger partial charge >= 0.3 is 6.01 Å². The zero-order valence-corrected chi connectivity index (χ0v) is 8.66. The van der Waals surface area contributed by atoms with Crippen molar-refractivity contribution in [2.24, 2.45) is 5.92 Å². The lowest BCUT2D eigenvalue weighted by Crippen LogP contribution is -2.09. The summed E-state index contributed by atoms with van der Waals surface area (Å²) in [6.45, 7) is 8.33. The van der Waals surface area contributed by atoms with Crippen LogP contribution in [0, 0.1) is 5.92 Å². The molecule has 0 atom stereocenters. The summed E-state index contributed by atoms with van der Waals surface area (Å²) in [5, 5.41) is 6.92. The van der Waals surface area contributed by atoms with Crippen LogP contribution >= 0.6 is 0 Å². The monoisotopic (exact) mass is 183 g/mol. The normalized spacial score (nSPS) is 11.2. The minimum Gasteiger partial charge on any atom is -0.336 e. The molecule has 0 bridgehead atoms. The first-order chi connectivity index (χ1) is 6.08. The standard InChI is InChI=1S/C9H17N3O/c1-6(2)5-8-11-9(13-12-8)10-7(3)4/h6-7H,5H2,1-4H3,(H,10,11,12). The Labute approximate surface area is 78.7 Å². The van der Waals surface area contributed by atoms with Crippen LogP contribution in [0.25, 0.3) is 0 Å². The second kappa shape index (κ2) is 4.25. The third kappa shape index (κ3) is 3.44. The molecule has 4 nitrogen and oxygen atoms in total. The molecule has 1 aromatic rings. The van der Waals surface area contributed by atoms with Crippen LogP contribution < -0.4 is 5.32 Å². The van der Waals surface area contributed by atoms with Crippen LogP contribution in [-0.2, 0) is 6.42 Å². The smallest absolute Gasteiger partial charge is 0.321 e. The molecule has 0 fully saturated rings. The van der Waals surface area contributed by atoms with E-state index in [0.29, 0.717) is 18.0 Å². The van der Waals surface area contributed by atoms with E-state index >= 15 is 0 Å². The fourth-order valence-corrected chi connectivity index (χ4v) is 1.01. The minimum atomic E-state index is 0.326. The summed E-state index contributed by atoms with van der Waals surface area (Å²) >= 11 is 0. The van der Waals surface area contributed by atoms with Crippen molar-refractivity contribution in [2.45, 2.75) is 40.2 Å². The molecule has 0 aliphatic heterocycles. The average molecular weight is 183 g/mol. The van der Waals surface area contributed by atoms with E-state index in [1.165, 1.54) is 0 Å². The van der Waals surface area contributed by atoms with Crippen LogP contribution in [0.2, 0.25) is 0 Å². The van der Waals surface area contributed by atoms with Crippen molar-refractivity contribution < 1.29 is 4.52 Å². The summed E-state index contributed by atoms with van der Waals surface area (Å²) in [6, 6.07) is 0.845. The van der Waals surface area contributed by atoms with Gasteiger partial charge in [0.15, 0.2) is 5.82 Å². The Morgan fingerprint density at radius 3 is 2.54 bits per heavy atom. The van der Waals surface area contributed by atoms with Gasteiger partial charge in [-0.25, -0.2) is 0 Å². The van der Waals surface area contributed by atoms with Crippen molar-refractivity contribution in [3.63, 3.8) is 0 Å². The van der Waals surface area contributed by atoms with Gasteiger partial charge in [0.25, 0.3) is 0 Å². The average Bonchev–Trinajstić information content (AvgIpc) is 2.33. The molecule has 13 heavy (non-hydrogen) atoms. The molecule has 1 aromatic heterocycles. The van der Waals surface area contributed by atoms with Crippen molar-refractivity contribution in [2.75, 3.05) is 5.32 Å². The van der Waals surface area contributed by atoms with Gasteiger partial charge in [-0.05, 0) is 19.8 Å². The lowest BCUT2D eigenvalue weighted by atomic mass is 10.1. The molecule has 0 saturated heterocycles. The summed E-state index contributed by atoms with van der Waals surface area (Å²) in [7, 11) is 0. The molecule has 1 heterocycles. The molecular weight excluding hydrogens is 166 g/mol. The molecule has 4 heteroatoms. The lowest BCUT2D eigenvalue weighted by Gasteiger charge is -2.01. The summed E-state index contributed by atoms with van der Waals surface area (Å²) in [5.41, 5.74) is 0. The highest BCUT2D eigenvalue weighted by atomic mass is 16.5. The topological polar surface area (TPSA) is 51.0 Å². The van der Waals surface area contributed by atoms with E-state index in [0.717, 1.165) is 12.2 Å². The highest BCUT2D eigenvalue weighted by molar-refractivity contribution is 5.19. The molecule has 0 aliphatic carbocycles. The summed E-state index contributed by atoms with van der Waals surface area (Å²) in [6.07, 6.45) is 0.864. The van der Waals surface area contributed by atoms with Crippen LogP contribution in [0.4, 0.5) is 6.01 Å². The number of hydrogen-bond donors (Lipinski definition) is 1. The Hall–Kier alpha value is -1.06. The van der Waals surface area contributed by atoms with Crippen molar-refractivity contribution in [3.8, 4) is 0 Å². The van der Waals surface area contributed by atoms with E-state index in [1.807, 2.05) is 13.8 Å². The van der Waals surface area contributed by atoms with E-state index in [9.17, 15) is 0 Å². The Balaban J connectivity index is 2.53. The predicted octanol–water partition coefficient (Wildman–Crippen LogP) is 2.09. The molecule has 0 aliphatic rings. The third-order valence-electron chi connectivity index (χ3n) is 1.47. The number of nitrogens with one attached hydrogen (secondary N) is 1. The Morgan fingerprint density at radius 2 is 2.00 bits per heavy atom. The number of nitrogens with zero attached hydrogens (tertiary/aromatic N) is 2. The Morgan fingerprint density at radius 1 is 1.31 bits per heavy atom. The van der Waals surface area contributed by atoms with Gasteiger partial charge in [-0.3, -0.25) is 0 Å². The maximum Gasteiger partial charge on any atom is 0.321 e. The maximum absolute atomic E-state index is 5.00. The molecule has 0 spiro atoms. The van der Waals surface area contributed by atoms with Gasteiger partial charge in [-0.1, -0.05) is 19.0 Å². The number of anilines is 1. The fourth-order valence-electron chi connectivity index (χ4n) is 1.01. The molecule has 0 saturated carbocycles. The van der Waals surface area contributed by atoms with Crippen molar-refractivity contribution >= 4 is 6.01 Å². The third-order valence-corrected chi connectivity index (χ3v) is 1.47. The number of rotatable bonds is 4. The SMILES string of the molecule is CC(C)Cc1noc(NC(C)C)n1. The van der Waals surface area contributed by atoms with Crippen LogP contribution in [0.5, 0.6) is 0 Å². The Bertz CT molecular complexity index is 231. The molecule has 1 rings (SSSR count). The van der Waals surface area contributed by atoms with Crippen LogP contribution in [-0.4, -0.2) is 16.2 Å². The lowest BCUT2D eigenvalue weighted by molar-refractivity contribution is 0.415. The largest absolute Gasteiger partial charge is 0.336 e. The summed E-state index contributed by atoms with van der Waals surface area (Å²) in [4.78, 5) is 4.20. The van der Waals surface area contributed by atoms with Gasteiger partial charge in [0.2, 0.25) is 0 Å². The number of aromatic nitrogens is 2. The Kier molecular flexibility index (Phi) is 3.28. The van der Waals surface area contributed by atoms with Crippen LogP contribution in [0.15, 0.2) is 4.52 Å². The first kappa shape index (κ1) is 10.0. The van der Waals surface area contributed by atoms with Gasteiger partial charge in [0.1, 0.15) is 0 Å². The zero-order valence-electron chi connectivity index (χ0n) is 8.66. The van der Waals surface area contributed by atoms with E-state index in [1.54, 1.807) is 0 Å². The zero-order chi connectivity index (χ0) is 9.84. The molecule has 1 N–H and O–H groups in total. The summed E-state index contributed by atoms with van der Waals surface area (Å²) in [5.74, 6) is 1.34. The highest BCUT2D eigenvalue weighted by Crippen LogP contribution is 2.08. The highest BCUT2D eigenvalue weighted by Gasteiger charge is 2.07. The first-order valence-electron chi connectivity index (χ1n) is 4.67. The van der Waals surface area contributed by atoms with E-state index in [4.69, 9.17) is 4.52 Å². The molecule has 74 valence electrons.